The molecule has 1 aromatic carbocycles. The van der Waals surface area contributed by atoms with Gasteiger partial charge in [-0.25, -0.2) is 0 Å². The first-order valence-electron chi connectivity index (χ1n) is 8.00. The molecule has 112 valence electrons. The fourth-order valence-corrected chi connectivity index (χ4v) is 4.00. The lowest BCUT2D eigenvalue weighted by molar-refractivity contribution is 0.0520. The van der Waals surface area contributed by atoms with Gasteiger partial charge in [0.05, 0.1) is 0 Å². The highest BCUT2D eigenvalue weighted by Gasteiger charge is 2.33. The van der Waals surface area contributed by atoms with Gasteiger partial charge in [-0.1, -0.05) is 19.3 Å². The van der Waals surface area contributed by atoms with Crippen LogP contribution >= 0.6 is 0 Å². The normalized spacial score (nSPS) is 27.3. The Morgan fingerprint density at radius 1 is 1.05 bits per heavy atom. The molecule has 2 heterocycles. The van der Waals surface area contributed by atoms with Crippen LogP contribution in [0.3, 0.4) is 0 Å². The van der Waals surface area contributed by atoms with E-state index in [0.717, 1.165) is 24.8 Å². The molecular weight excluding hydrogens is 266 g/mol. The topological polar surface area (TPSA) is 38.8 Å². The van der Waals surface area contributed by atoms with Gasteiger partial charge in [-0.05, 0) is 42.9 Å². The molecule has 2 atom stereocenters. The Kier molecular flexibility index (Phi) is 3.24. The van der Waals surface area contributed by atoms with Gasteiger partial charge in [-0.2, -0.15) is 0 Å². The zero-order valence-corrected chi connectivity index (χ0v) is 12.2. The lowest BCUT2D eigenvalue weighted by Gasteiger charge is -2.41. The number of hydrogen-bond donors (Lipinski definition) is 0. The molecule has 0 N–H and O–H groups in total. The van der Waals surface area contributed by atoms with Crippen molar-refractivity contribution in [3.05, 3.63) is 23.8 Å². The Hall–Kier alpha value is -1.71. The number of amides is 1. The molecule has 2 aliphatic heterocycles. The van der Waals surface area contributed by atoms with Crippen molar-refractivity contribution in [2.75, 3.05) is 19.9 Å². The first-order valence-corrected chi connectivity index (χ1v) is 8.00. The molecule has 1 saturated heterocycles. The second-order valence-corrected chi connectivity index (χ2v) is 6.41. The molecule has 4 nitrogen and oxygen atoms in total. The van der Waals surface area contributed by atoms with Crippen LogP contribution in [0.15, 0.2) is 18.2 Å². The predicted octanol–water partition coefficient (Wildman–Crippen LogP) is 3.07. The second kappa shape index (κ2) is 5.24. The van der Waals surface area contributed by atoms with E-state index < -0.39 is 0 Å². The van der Waals surface area contributed by atoms with Crippen molar-refractivity contribution in [1.82, 2.24) is 4.90 Å². The second-order valence-electron chi connectivity index (χ2n) is 6.41. The summed E-state index contributed by atoms with van der Waals surface area (Å²) in [5, 5.41) is 0. The van der Waals surface area contributed by atoms with Crippen LogP contribution in [0.5, 0.6) is 11.5 Å². The molecule has 0 bridgehead atoms. The minimum absolute atomic E-state index is 0.136. The average molecular weight is 287 g/mol. The summed E-state index contributed by atoms with van der Waals surface area (Å²) in [5.74, 6) is 3.12. The molecule has 1 saturated carbocycles. The minimum atomic E-state index is 0.136. The van der Waals surface area contributed by atoms with Crippen molar-refractivity contribution in [3.8, 4) is 11.5 Å². The first-order chi connectivity index (χ1) is 10.3. The largest absolute Gasteiger partial charge is 0.454 e. The number of hydrogen-bond acceptors (Lipinski definition) is 3. The molecule has 1 aliphatic carbocycles. The van der Waals surface area contributed by atoms with E-state index >= 15 is 0 Å². The zero-order valence-electron chi connectivity index (χ0n) is 12.2. The number of rotatable bonds is 1. The van der Waals surface area contributed by atoms with Gasteiger partial charge < -0.3 is 14.4 Å². The maximum Gasteiger partial charge on any atom is 0.254 e. The van der Waals surface area contributed by atoms with Crippen LogP contribution in [0, 0.1) is 11.8 Å². The van der Waals surface area contributed by atoms with Crippen molar-refractivity contribution in [1.29, 1.82) is 0 Å². The van der Waals surface area contributed by atoms with E-state index in [9.17, 15) is 4.79 Å². The molecule has 3 aliphatic rings. The minimum Gasteiger partial charge on any atom is -0.454 e. The fraction of sp³-hybridized carbons (Fsp3) is 0.588. The Morgan fingerprint density at radius 3 is 2.76 bits per heavy atom. The Labute approximate surface area is 125 Å². The van der Waals surface area contributed by atoms with E-state index in [1.165, 1.54) is 32.1 Å². The van der Waals surface area contributed by atoms with Crippen molar-refractivity contribution in [2.45, 2.75) is 32.1 Å². The van der Waals surface area contributed by atoms with E-state index in [0.29, 0.717) is 17.2 Å². The highest BCUT2D eigenvalue weighted by atomic mass is 16.7. The molecule has 0 spiro atoms. The number of piperidine rings is 1. The summed E-state index contributed by atoms with van der Waals surface area (Å²) in [5.41, 5.74) is 0.716. The van der Waals surface area contributed by atoms with Gasteiger partial charge in [0, 0.05) is 18.7 Å². The molecule has 4 heteroatoms. The van der Waals surface area contributed by atoms with Gasteiger partial charge in [0.2, 0.25) is 6.79 Å². The van der Waals surface area contributed by atoms with Crippen LogP contribution in [0.4, 0.5) is 0 Å². The number of ether oxygens (including phenoxy) is 2. The number of likely N-dealkylation sites (tertiary alicyclic amines) is 1. The van der Waals surface area contributed by atoms with Crippen LogP contribution in [0.25, 0.3) is 0 Å². The van der Waals surface area contributed by atoms with E-state index in [-0.39, 0.29) is 12.7 Å². The molecule has 1 aromatic rings. The van der Waals surface area contributed by atoms with E-state index in [4.69, 9.17) is 9.47 Å². The van der Waals surface area contributed by atoms with Crippen molar-refractivity contribution in [2.24, 2.45) is 11.8 Å². The quantitative estimate of drug-likeness (QED) is 0.797. The standard InChI is InChI=1S/C17H21NO3/c19-17(13-5-6-15-16(9-13)21-11-20-15)18-8-7-12-3-1-2-4-14(12)10-18/h5-6,9,12,14H,1-4,7-8,10-11H2/t12-,14-/m1/s1. The fourth-order valence-electron chi connectivity index (χ4n) is 4.00. The molecule has 4 rings (SSSR count). The SMILES string of the molecule is O=C(c1ccc2c(c1)OCO2)N1CC[C@H]2CCCC[C@@H]2C1. The third-order valence-electron chi connectivity index (χ3n) is 5.20. The van der Waals surface area contributed by atoms with Crippen LogP contribution in [0.2, 0.25) is 0 Å². The van der Waals surface area contributed by atoms with Crippen LogP contribution < -0.4 is 9.47 Å². The summed E-state index contributed by atoms with van der Waals surface area (Å²) in [7, 11) is 0. The maximum absolute atomic E-state index is 12.7. The van der Waals surface area contributed by atoms with Gasteiger partial charge in [-0.3, -0.25) is 4.79 Å². The van der Waals surface area contributed by atoms with Gasteiger partial charge in [-0.15, -0.1) is 0 Å². The number of carbonyl (C=O) groups is 1. The molecule has 0 unspecified atom stereocenters. The Balaban J connectivity index is 1.49. The average Bonchev–Trinajstić information content (AvgIpc) is 3.01. The highest BCUT2D eigenvalue weighted by molar-refractivity contribution is 5.95. The first kappa shape index (κ1) is 13.0. The zero-order chi connectivity index (χ0) is 14.2. The van der Waals surface area contributed by atoms with Crippen LogP contribution in [-0.4, -0.2) is 30.7 Å². The lowest BCUT2D eigenvalue weighted by atomic mass is 9.75. The summed E-state index contributed by atoms with van der Waals surface area (Å²) in [6, 6.07) is 5.50. The highest BCUT2D eigenvalue weighted by Crippen LogP contribution is 2.37. The summed E-state index contributed by atoms with van der Waals surface area (Å²) < 4.78 is 10.7. The summed E-state index contributed by atoms with van der Waals surface area (Å²) in [6.45, 7) is 2.08. The predicted molar refractivity (Wildman–Crippen MR) is 78.5 cm³/mol. The smallest absolute Gasteiger partial charge is 0.254 e. The molecule has 0 radical (unpaired) electrons. The molecular formula is C17H21NO3. The van der Waals surface area contributed by atoms with Crippen molar-refractivity contribution >= 4 is 5.91 Å². The van der Waals surface area contributed by atoms with Crippen LogP contribution in [0.1, 0.15) is 42.5 Å². The van der Waals surface area contributed by atoms with Crippen molar-refractivity contribution < 1.29 is 14.3 Å². The summed E-state index contributed by atoms with van der Waals surface area (Å²) in [4.78, 5) is 14.7. The third-order valence-corrected chi connectivity index (χ3v) is 5.20. The number of nitrogens with zero attached hydrogens (tertiary/aromatic N) is 1. The summed E-state index contributed by atoms with van der Waals surface area (Å²) in [6.07, 6.45) is 6.51. The lowest BCUT2D eigenvalue weighted by Crippen LogP contribution is -2.44. The van der Waals surface area contributed by atoms with E-state index in [2.05, 4.69) is 0 Å². The number of carbonyl (C=O) groups excluding carboxylic acids is 1. The van der Waals surface area contributed by atoms with Gasteiger partial charge in [0.25, 0.3) is 5.91 Å². The summed E-state index contributed by atoms with van der Waals surface area (Å²) >= 11 is 0. The molecule has 0 aromatic heterocycles. The van der Waals surface area contributed by atoms with E-state index in [1.807, 2.05) is 23.1 Å². The molecule has 21 heavy (non-hydrogen) atoms. The molecule has 2 fully saturated rings. The van der Waals surface area contributed by atoms with Gasteiger partial charge in [0.1, 0.15) is 0 Å². The van der Waals surface area contributed by atoms with Crippen LogP contribution in [-0.2, 0) is 0 Å². The Morgan fingerprint density at radius 2 is 1.86 bits per heavy atom. The monoisotopic (exact) mass is 287 g/mol. The maximum atomic E-state index is 12.7. The third kappa shape index (κ3) is 2.37. The molecule has 1 amide bonds. The van der Waals surface area contributed by atoms with Gasteiger partial charge in [0.15, 0.2) is 11.5 Å². The van der Waals surface area contributed by atoms with Gasteiger partial charge >= 0.3 is 0 Å². The number of benzene rings is 1. The van der Waals surface area contributed by atoms with E-state index in [1.54, 1.807) is 0 Å². The van der Waals surface area contributed by atoms with Crippen molar-refractivity contribution in [3.63, 3.8) is 0 Å². The number of fused-ring (bicyclic) bond motifs is 2. The Bertz CT molecular complexity index is 557.